The van der Waals surface area contributed by atoms with E-state index in [2.05, 4.69) is 5.32 Å². The largest absolute Gasteiger partial charge is 0.348 e. The average molecular weight is 237 g/mol. The second-order valence-corrected chi connectivity index (χ2v) is 3.87. The van der Waals surface area contributed by atoms with Crippen molar-refractivity contribution in [2.75, 3.05) is 0 Å². The molecule has 0 saturated carbocycles. The fraction of sp³-hybridized carbons (Fsp3) is 0.364. The number of rotatable bonds is 4. The van der Waals surface area contributed by atoms with Gasteiger partial charge >= 0.3 is 0 Å². The van der Waals surface area contributed by atoms with Crippen LogP contribution in [-0.2, 0) is 4.79 Å². The van der Waals surface area contributed by atoms with E-state index in [1.54, 1.807) is 26.0 Å². The average Bonchev–Trinajstić information content (AvgIpc) is 2.28. The van der Waals surface area contributed by atoms with E-state index in [0.717, 1.165) is 0 Å². The first-order valence-corrected chi connectivity index (χ1v) is 5.22. The number of nitrogens with one attached hydrogen (secondary N) is 1. The minimum absolute atomic E-state index is 0.00407. The Morgan fingerprint density at radius 3 is 2.65 bits per heavy atom. The molecule has 0 radical (unpaired) electrons. The highest BCUT2D eigenvalue weighted by Gasteiger charge is 2.14. The predicted octanol–water partition coefficient (Wildman–Crippen LogP) is 1.12. The van der Waals surface area contributed by atoms with Crippen LogP contribution < -0.4 is 11.1 Å². The third-order valence-corrected chi connectivity index (χ3v) is 2.35. The minimum atomic E-state index is -0.601. The second-order valence-electron chi connectivity index (χ2n) is 3.87. The molecule has 3 N–H and O–H groups in total. The number of benzene rings is 1. The molecule has 6 heteroatoms. The second kappa shape index (κ2) is 5.40. The van der Waals surface area contributed by atoms with E-state index in [1.807, 2.05) is 0 Å². The molecule has 0 heterocycles. The predicted molar refractivity (Wildman–Crippen MR) is 63.3 cm³/mol. The summed E-state index contributed by atoms with van der Waals surface area (Å²) in [4.78, 5) is 21.5. The van der Waals surface area contributed by atoms with Crippen molar-refractivity contribution in [2.45, 2.75) is 25.9 Å². The van der Waals surface area contributed by atoms with Crippen LogP contribution in [0, 0.1) is 10.1 Å². The van der Waals surface area contributed by atoms with E-state index in [9.17, 15) is 14.9 Å². The Morgan fingerprint density at radius 2 is 2.12 bits per heavy atom. The number of amides is 1. The molecule has 0 fully saturated rings. The fourth-order valence-electron chi connectivity index (χ4n) is 1.34. The van der Waals surface area contributed by atoms with Crippen LogP contribution in [0.15, 0.2) is 24.3 Å². The summed E-state index contributed by atoms with van der Waals surface area (Å²) in [5, 5.41) is 13.3. The highest BCUT2D eigenvalue weighted by atomic mass is 16.6. The van der Waals surface area contributed by atoms with Crippen molar-refractivity contribution in [1.29, 1.82) is 0 Å². The number of carbonyl (C=O) groups is 1. The lowest BCUT2D eigenvalue weighted by atomic mass is 10.1. The van der Waals surface area contributed by atoms with Crippen LogP contribution in [0.1, 0.15) is 25.5 Å². The number of nitrogens with zero attached hydrogens (tertiary/aromatic N) is 1. The number of nitrogens with two attached hydrogens (primary N) is 1. The number of hydrogen-bond donors (Lipinski definition) is 2. The summed E-state index contributed by atoms with van der Waals surface area (Å²) in [7, 11) is 0. The molecule has 0 aliphatic rings. The molecule has 0 bridgehead atoms. The Bertz CT molecular complexity index is 432. The third kappa shape index (κ3) is 3.53. The molecule has 6 nitrogen and oxygen atoms in total. The summed E-state index contributed by atoms with van der Waals surface area (Å²) in [6.07, 6.45) is 0. The van der Waals surface area contributed by atoms with Crippen molar-refractivity contribution in [2.24, 2.45) is 5.73 Å². The number of hydrogen-bond acceptors (Lipinski definition) is 4. The van der Waals surface area contributed by atoms with Gasteiger partial charge in [-0.2, -0.15) is 0 Å². The van der Waals surface area contributed by atoms with Crippen LogP contribution in [0.2, 0.25) is 0 Å². The van der Waals surface area contributed by atoms with Crippen molar-refractivity contribution < 1.29 is 9.72 Å². The number of nitro benzene ring substituents is 1. The first-order chi connectivity index (χ1) is 7.91. The zero-order chi connectivity index (χ0) is 13.0. The molecule has 0 aromatic heterocycles. The molecule has 0 spiro atoms. The maximum absolute atomic E-state index is 11.4. The fourth-order valence-corrected chi connectivity index (χ4v) is 1.34. The van der Waals surface area contributed by atoms with Gasteiger partial charge in [0.25, 0.3) is 5.69 Å². The maximum atomic E-state index is 11.4. The maximum Gasteiger partial charge on any atom is 0.269 e. The van der Waals surface area contributed by atoms with E-state index in [0.29, 0.717) is 5.56 Å². The minimum Gasteiger partial charge on any atom is -0.348 e. The number of non-ortho nitro benzene ring substituents is 1. The molecule has 0 aliphatic carbocycles. The van der Waals surface area contributed by atoms with Crippen molar-refractivity contribution in [1.82, 2.24) is 5.32 Å². The van der Waals surface area contributed by atoms with Crippen LogP contribution in [0.4, 0.5) is 5.69 Å². The SMILES string of the molecule is CC(N)C(=O)NC(C)c1cccc([N+](=O)[O-])c1. The standard InChI is InChI=1S/C11H15N3O3/c1-7(12)11(15)13-8(2)9-4-3-5-10(6-9)14(16)17/h3-8H,12H2,1-2H3,(H,13,15). The van der Waals surface area contributed by atoms with Gasteiger partial charge in [-0.25, -0.2) is 0 Å². The summed E-state index contributed by atoms with van der Waals surface area (Å²) in [5.41, 5.74) is 6.10. The Hall–Kier alpha value is -1.95. The molecule has 1 amide bonds. The molecular weight excluding hydrogens is 222 g/mol. The lowest BCUT2D eigenvalue weighted by Crippen LogP contribution is -2.39. The van der Waals surface area contributed by atoms with Gasteiger partial charge in [-0.05, 0) is 19.4 Å². The van der Waals surface area contributed by atoms with Crippen molar-refractivity contribution in [3.05, 3.63) is 39.9 Å². The smallest absolute Gasteiger partial charge is 0.269 e. The summed E-state index contributed by atoms with van der Waals surface area (Å²) in [6, 6.07) is 5.24. The van der Waals surface area contributed by atoms with Crippen LogP contribution in [-0.4, -0.2) is 16.9 Å². The van der Waals surface area contributed by atoms with E-state index >= 15 is 0 Å². The molecule has 92 valence electrons. The van der Waals surface area contributed by atoms with Crippen LogP contribution >= 0.6 is 0 Å². The van der Waals surface area contributed by atoms with Gasteiger partial charge < -0.3 is 11.1 Å². The van der Waals surface area contributed by atoms with E-state index in [1.165, 1.54) is 12.1 Å². The lowest BCUT2D eigenvalue weighted by Gasteiger charge is -2.15. The topological polar surface area (TPSA) is 98.3 Å². The molecular formula is C11H15N3O3. The quantitative estimate of drug-likeness (QED) is 0.605. The van der Waals surface area contributed by atoms with Crippen LogP contribution in [0.25, 0.3) is 0 Å². The Kier molecular flexibility index (Phi) is 4.17. The first kappa shape index (κ1) is 13.1. The Labute approximate surface area is 99.0 Å². The van der Waals surface area contributed by atoms with Gasteiger partial charge in [0.05, 0.1) is 17.0 Å². The molecule has 0 saturated heterocycles. The van der Waals surface area contributed by atoms with Crippen molar-refractivity contribution in [3.8, 4) is 0 Å². The van der Waals surface area contributed by atoms with Gasteiger partial charge in [-0.3, -0.25) is 14.9 Å². The zero-order valence-corrected chi connectivity index (χ0v) is 9.71. The normalized spacial score (nSPS) is 13.8. The van der Waals surface area contributed by atoms with E-state index in [-0.39, 0.29) is 17.6 Å². The van der Waals surface area contributed by atoms with Crippen molar-refractivity contribution >= 4 is 11.6 Å². The van der Waals surface area contributed by atoms with Gasteiger partial charge in [0.15, 0.2) is 0 Å². The number of nitro groups is 1. The molecule has 0 aliphatic heterocycles. The van der Waals surface area contributed by atoms with Gasteiger partial charge in [0.2, 0.25) is 5.91 Å². The zero-order valence-electron chi connectivity index (χ0n) is 9.71. The lowest BCUT2D eigenvalue weighted by molar-refractivity contribution is -0.384. The highest BCUT2D eigenvalue weighted by molar-refractivity contribution is 5.81. The van der Waals surface area contributed by atoms with E-state index < -0.39 is 11.0 Å². The van der Waals surface area contributed by atoms with Gasteiger partial charge in [-0.1, -0.05) is 12.1 Å². The van der Waals surface area contributed by atoms with Crippen LogP contribution in [0.3, 0.4) is 0 Å². The summed E-state index contributed by atoms with van der Waals surface area (Å²) < 4.78 is 0. The monoisotopic (exact) mass is 237 g/mol. The molecule has 1 rings (SSSR count). The molecule has 2 atom stereocenters. The summed E-state index contributed by atoms with van der Waals surface area (Å²) in [5.74, 6) is -0.288. The van der Waals surface area contributed by atoms with Gasteiger partial charge in [-0.15, -0.1) is 0 Å². The third-order valence-electron chi connectivity index (χ3n) is 2.35. The van der Waals surface area contributed by atoms with Crippen LogP contribution in [0.5, 0.6) is 0 Å². The van der Waals surface area contributed by atoms with Gasteiger partial charge in [0, 0.05) is 12.1 Å². The molecule has 2 unspecified atom stereocenters. The number of carbonyl (C=O) groups excluding carboxylic acids is 1. The Balaban J connectivity index is 2.82. The van der Waals surface area contributed by atoms with Crippen molar-refractivity contribution in [3.63, 3.8) is 0 Å². The Morgan fingerprint density at radius 1 is 1.47 bits per heavy atom. The molecule has 1 aromatic rings. The first-order valence-electron chi connectivity index (χ1n) is 5.22. The molecule has 17 heavy (non-hydrogen) atoms. The van der Waals surface area contributed by atoms with Gasteiger partial charge in [0.1, 0.15) is 0 Å². The summed E-state index contributed by atoms with van der Waals surface area (Å²) in [6.45, 7) is 3.33. The summed E-state index contributed by atoms with van der Waals surface area (Å²) >= 11 is 0. The molecule has 1 aromatic carbocycles. The highest BCUT2D eigenvalue weighted by Crippen LogP contribution is 2.18. The van der Waals surface area contributed by atoms with E-state index in [4.69, 9.17) is 5.73 Å².